The molecule has 0 N–H and O–H groups in total. The summed E-state index contributed by atoms with van der Waals surface area (Å²) in [5.41, 5.74) is 2.52. The van der Waals surface area contributed by atoms with Crippen LogP contribution in [-0.2, 0) is 0 Å². The SMILES string of the molecule is COc1ccc(C#Cc2ccc(C(C)=O)cc2)cc1. The van der Waals surface area contributed by atoms with E-state index in [1.807, 2.05) is 36.4 Å². The third kappa shape index (κ3) is 3.46. The molecule has 2 aromatic carbocycles. The Morgan fingerprint density at radius 2 is 1.37 bits per heavy atom. The zero-order valence-corrected chi connectivity index (χ0v) is 10.9. The summed E-state index contributed by atoms with van der Waals surface area (Å²) >= 11 is 0. The Bertz CT molecular complexity index is 626. The Balaban J connectivity index is 2.16. The quantitative estimate of drug-likeness (QED) is 0.604. The molecule has 0 fully saturated rings. The van der Waals surface area contributed by atoms with Crippen LogP contribution in [0.3, 0.4) is 0 Å². The second kappa shape index (κ2) is 5.88. The van der Waals surface area contributed by atoms with Crippen LogP contribution in [0.2, 0.25) is 0 Å². The van der Waals surface area contributed by atoms with Crippen LogP contribution in [0.15, 0.2) is 48.5 Å². The highest BCUT2D eigenvalue weighted by atomic mass is 16.5. The third-order valence-electron chi connectivity index (χ3n) is 2.73. The number of hydrogen-bond acceptors (Lipinski definition) is 2. The first-order valence-electron chi connectivity index (χ1n) is 5.96. The van der Waals surface area contributed by atoms with Gasteiger partial charge in [-0.2, -0.15) is 0 Å². The van der Waals surface area contributed by atoms with Crippen molar-refractivity contribution in [2.24, 2.45) is 0 Å². The van der Waals surface area contributed by atoms with Gasteiger partial charge in [0.15, 0.2) is 5.78 Å². The standard InChI is InChI=1S/C17H14O2/c1-13(18)16-9-5-14(6-10-16)3-4-15-7-11-17(19-2)12-8-15/h5-12H,1-2H3. The summed E-state index contributed by atoms with van der Waals surface area (Å²) in [5, 5.41) is 0. The van der Waals surface area contributed by atoms with Crippen molar-refractivity contribution in [1.82, 2.24) is 0 Å². The Labute approximate surface area is 113 Å². The van der Waals surface area contributed by atoms with Crippen LogP contribution < -0.4 is 4.74 Å². The van der Waals surface area contributed by atoms with Gasteiger partial charge in [-0.1, -0.05) is 24.0 Å². The molecule has 0 amide bonds. The predicted octanol–water partition coefficient (Wildman–Crippen LogP) is 3.30. The van der Waals surface area contributed by atoms with Crippen molar-refractivity contribution >= 4 is 5.78 Å². The Kier molecular flexibility index (Phi) is 4.00. The molecule has 2 nitrogen and oxygen atoms in total. The van der Waals surface area contributed by atoms with Gasteiger partial charge in [0.2, 0.25) is 0 Å². The lowest BCUT2D eigenvalue weighted by Crippen LogP contribution is -1.90. The van der Waals surface area contributed by atoms with Crippen LogP contribution in [0.5, 0.6) is 5.75 Å². The van der Waals surface area contributed by atoms with Crippen LogP contribution in [-0.4, -0.2) is 12.9 Å². The maximum atomic E-state index is 11.1. The topological polar surface area (TPSA) is 26.3 Å². The third-order valence-corrected chi connectivity index (χ3v) is 2.73. The predicted molar refractivity (Wildman–Crippen MR) is 75.4 cm³/mol. The number of hydrogen-bond donors (Lipinski definition) is 0. The number of ketones is 1. The van der Waals surface area contributed by atoms with Gasteiger partial charge in [0.1, 0.15) is 5.75 Å². The van der Waals surface area contributed by atoms with Crippen LogP contribution in [0.25, 0.3) is 0 Å². The second-order valence-electron chi connectivity index (χ2n) is 4.11. The highest BCUT2D eigenvalue weighted by molar-refractivity contribution is 5.94. The van der Waals surface area contributed by atoms with E-state index in [0.717, 1.165) is 16.9 Å². The molecule has 0 aliphatic heterocycles. The van der Waals surface area contributed by atoms with E-state index in [4.69, 9.17) is 4.74 Å². The summed E-state index contributed by atoms with van der Waals surface area (Å²) in [6.45, 7) is 1.55. The van der Waals surface area contributed by atoms with Gasteiger partial charge in [0, 0.05) is 16.7 Å². The first-order chi connectivity index (χ1) is 9.19. The first kappa shape index (κ1) is 12.9. The molecule has 0 saturated carbocycles. The molecule has 0 aromatic heterocycles. The lowest BCUT2D eigenvalue weighted by atomic mass is 10.1. The zero-order valence-electron chi connectivity index (χ0n) is 10.9. The molecular formula is C17H14O2. The molecule has 0 aliphatic carbocycles. The van der Waals surface area contributed by atoms with E-state index >= 15 is 0 Å². The highest BCUT2D eigenvalue weighted by Crippen LogP contribution is 2.10. The van der Waals surface area contributed by atoms with Gasteiger partial charge >= 0.3 is 0 Å². The number of carbonyl (C=O) groups is 1. The summed E-state index contributed by atoms with van der Waals surface area (Å²) in [6, 6.07) is 14.9. The van der Waals surface area contributed by atoms with E-state index in [2.05, 4.69) is 11.8 Å². The van der Waals surface area contributed by atoms with Gasteiger partial charge in [0.05, 0.1) is 7.11 Å². The van der Waals surface area contributed by atoms with Crippen molar-refractivity contribution in [2.45, 2.75) is 6.92 Å². The monoisotopic (exact) mass is 250 g/mol. The lowest BCUT2D eigenvalue weighted by molar-refractivity contribution is 0.101. The van der Waals surface area contributed by atoms with Crippen molar-refractivity contribution in [1.29, 1.82) is 0 Å². The normalized spacial score (nSPS) is 9.37. The average Bonchev–Trinajstić information content (AvgIpc) is 2.46. The molecular weight excluding hydrogens is 236 g/mol. The number of ether oxygens (including phenoxy) is 1. The molecule has 0 saturated heterocycles. The van der Waals surface area contributed by atoms with E-state index in [0.29, 0.717) is 5.56 Å². The number of Topliss-reactive ketones (excluding diaryl/α,β-unsaturated/α-hetero) is 1. The molecule has 94 valence electrons. The van der Waals surface area contributed by atoms with Gasteiger partial charge in [-0.05, 0) is 43.3 Å². The van der Waals surface area contributed by atoms with Gasteiger partial charge in [-0.25, -0.2) is 0 Å². The van der Waals surface area contributed by atoms with E-state index in [9.17, 15) is 4.79 Å². The molecule has 2 aromatic rings. The number of carbonyl (C=O) groups excluding carboxylic acids is 1. The van der Waals surface area contributed by atoms with Crippen molar-refractivity contribution < 1.29 is 9.53 Å². The second-order valence-corrected chi connectivity index (χ2v) is 4.11. The number of methoxy groups -OCH3 is 1. The minimum atomic E-state index is 0.0645. The summed E-state index contributed by atoms with van der Waals surface area (Å²) in [5.74, 6) is 7.01. The summed E-state index contributed by atoms with van der Waals surface area (Å²) in [4.78, 5) is 11.1. The zero-order chi connectivity index (χ0) is 13.7. The fourth-order valence-electron chi connectivity index (χ4n) is 1.61. The summed E-state index contributed by atoms with van der Waals surface area (Å²) in [7, 11) is 1.64. The molecule has 0 radical (unpaired) electrons. The fourth-order valence-corrected chi connectivity index (χ4v) is 1.61. The first-order valence-corrected chi connectivity index (χ1v) is 5.96. The van der Waals surface area contributed by atoms with Crippen molar-refractivity contribution in [3.8, 4) is 17.6 Å². The highest BCUT2D eigenvalue weighted by Gasteiger charge is 1.97. The largest absolute Gasteiger partial charge is 0.497 e. The smallest absolute Gasteiger partial charge is 0.159 e. The van der Waals surface area contributed by atoms with Gasteiger partial charge in [0.25, 0.3) is 0 Å². The Morgan fingerprint density at radius 3 is 1.79 bits per heavy atom. The van der Waals surface area contributed by atoms with Crippen molar-refractivity contribution in [3.63, 3.8) is 0 Å². The average molecular weight is 250 g/mol. The van der Waals surface area contributed by atoms with E-state index in [-0.39, 0.29) is 5.78 Å². The molecule has 2 rings (SSSR count). The van der Waals surface area contributed by atoms with Crippen molar-refractivity contribution in [2.75, 3.05) is 7.11 Å². The molecule has 2 heteroatoms. The van der Waals surface area contributed by atoms with E-state index in [1.54, 1.807) is 26.2 Å². The number of rotatable bonds is 2. The summed E-state index contributed by atoms with van der Waals surface area (Å²) in [6.07, 6.45) is 0. The van der Waals surface area contributed by atoms with E-state index < -0.39 is 0 Å². The van der Waals surface area contributed by atoms with Crippen molar-refractivity contribution in [3.05, 3.63) is 65.2 Å². The van der Waals surface area contributed by atoms with E-state index in [1.165, 1.54) is 0 Å². The lowest BCUT2D eigenvalue weighted by Gasteiger charge is -1.97. The van der Waals surface area contributed by atoms with Crippen LogP contribution in [0.1, 0.15) is 28.4 Å². The van der Waals surface area contributed by atoms with Crippen LogP contribution >= 0.6 is 0 Å². The molecule has 0 unspecified atom stereocenters. The minimum Gasteiger partial charge on any atom is -0.497 e. The summed E-state index contributed by atoms with van der Waals surface area (Å²) < 4.78 is 5.09. The minimum absolute atomic E-state index is 0.0645. The Hall–Kier alpha value is -2.53. The molecule has 0 atom stereocenters. The molecule has 0 heterocycles. The van der Waals surface area contributed by atoms with Crippen LogP contribution in [0, 0.1) is 11.8 Å². The van der Waals surface area contributed by atoms with Crippen LogP contribution in [0.4, 0.5) is 0 Å². The maximum absolute atomic E-state index is 11.1. The molecule has 0 spiro atoms. The fraction of sp³-hybridized carbons (Fsp3) is 0.118. The molecule has 0 bridgehead atoms. The molecule has 19 heavy (non-hydrogen) atoms. The number of benzene rings is 2. The van der Waals surface area contributed by atoms with Gasteiger partial charge in [-0.15, -0.1) is 0 Å². The molecule has 0 aliphatic rings. The van der Waals surface area contributed by atoms with Gasteiger partial charge in [-0.3, -0.25) is 4.79 Å². The van der Waals surface area contributed by atoms with Gasteiger partial charge < -0.3 is 4.74 Å². The Morgan fingerprint density at radius 1 is 0.895 bits per heavy atom. The maximum Gasteiger partial charge on any atom is 0.159 e.